The zero-order chi connectivity index (χ0) is 27.9. The second-order valence-electron chi connectivity index (χ2n) is 9.84. The molecule has 0 saturated carbocycles. The standard InChI is InChI=1S/C29H27FN2O7S/c1-35-23-14-26-37-17-29(15-23,39-26)20-11-21(30)13-22(12-20)36-16-25-32-27(18-5-3-2-4-6-18)28(38-25)19-7-9-24(10-8-19)40(31,33)34/h2-13,23,26H,14-17H2,1H3,(H2,31,33,34)/t23-,26-,29-/m1/s1. The van der Waals surface area contributed by atoms with Gasteiger partial charge in [-0.25, -0.2) is 22.9 Å². The lowest BCUT2D eigenvalue weighted by atomic mass is 9.86. The predicted octanol–water partition coefficient (Wildman–Crippen LogP) is 4.75. The summed E-state index contributed by atoms with van der Waals surface area (Å²) in [4.78, 5) is 4.63. The fraction of sp³-hybridized carbons (Fsp3) is 0.276. The van der Waals surface area contributed by atoms with E-state index in [0.717, 1.165) is 5.56 Å². The molecular formula is C29H27FN2O7S. The molecule has 3 aromatic carbocycles. The molecule has 0 radical (unpaired) electrons. The average Bonchev–Trinajstić information content (AvgIpc) is 3.52. The first-order valence-corrected chi connectivity index (χ1v) is 14.2. The Morgan fingerprint density at radius 2 is 1.85 bits per heavy atom. The van der Waals surface area contributed by atoms with E-state index in [4.69, 9.17) is 28.5 Å². The first-order valence-electron chi connectivity index (χ1n) is 12.7. The Morgan fingerprint density at radius 3 is 2.58 bits per heavy atom. The number of halogens is 1. The van der Waals surface area contributed by atoms with Gasteiger partial charge in [-0.05, 0) is 42.0 Å². The number of benzene rings is 3. The predicted molar refractivity (Wildman–Crippen MR) is 142 cm³/mol. The summed E-state index contributed by atoms with van der Waals surface area (Å²) in [5.41, 5.74) is 1.75. The maximum atomic E-state index is 14.7. The van der Waals surface area contributed by atoms with Crippen molar-refractivity contribution in [1.29, 1.82) is 0 Å². The number of hydrogen-bond donors (Lipinski definition) is 1. The van der Waals surface area contributed by atoms with Crippen molar-refractivity contribution in [3.8, 4) is 28.3 Å². The highest BCUT2D eigenvalue weighted by atomic mass is 32.2. The van der Waals surface area contributed by atoms with E-state index in [0.29, 0.717) is 42.0 Å². The van der Waals surface area contributed by atoms with Gasteiger partial charge in [-0.3, -0.25) is 0 Å². The fourth-order valence-corrected chi connectivity index (χ4v) is 5.66. The first kappa shape index (κ1) is 26.6. The van der Waals surface area contributed by atoms with Gasteiger partial charge < -0.3 is 23.4 Å². The lowest BCUT2D eigenvalue weighted by molar-refractivity contribution is -0.162. The Kier molecular flexibility index (Phi) is 6.93. The van der Waals surface area contributed by atoms with Crippen molar-refractivity contribution in [3.63, 3.8) is 0 Å². The van der Waals surface area contributed by atoms with Gasteiger partial charge in [0.15, 0.2) is 18.7 Å². The van der Waals surface area contributed by atoms with Crippen LogP contribution >= 0.6 is 0 Å². The molecule has 2 fully saturated rings. The maximum absolute atomic E-state index is 14.7. The summed E-state index contributed by atoms with van der Waals surface area (Å²) >= 11 is 0. The van der Waals surface area contributed by atoms with Crippen molar-refractivity contribution in [2.24, 2.45) is 5.14 Å². The topological polar surface area (TPSA) is 123 Å². The van der Waals surface area contributed by atoms with Crippen molar-refractivity contribution in [1.82, 2.24) is 4.98 Å². The van der Waals surface area contributed by atoms with E-state index in [1.807, 2.05) is 30.3 Å². The van der Waals surface area contributed by atoms with Gasteiger partial charge in [0.05, 0.1) is 17.6 Å². The zero-order valence-corrected chi connectivity index (χ0v) is 22.4. The molecule has 0 aliphatic carbocycles. The number of primary sulfonamides is 1. The molecule has 9 nitrogen and oxygen atoms in total. The zero-order valence-electron chi connectivity index (χ0n) is 21.6. The molecule has 0 unspecified atom stereocenters. The third-order valence-electron chi connectivity index (χ3n) is 7.13. The number of fused-ring (bicyclic) bond motifs is 2. The van der Waals surface area contributed by atoms with Crippen LogP contribution in [0.25, 0.3) is 22.6 Å². The number of methoxy groups -OCH3 is 1. The van der Waals surface area contributed by atoms with E-state index in [1.54, 1.807) is 25.3 Å². The van der Waals surface area contributed by atoms with Crippen molar-refractivity contribution in [3.05, 3.63) is 90.1 Å². The highest BCUT2D eigenvalue weighted by molar-refractivity contribution is 7.89. The second kappa shape index (κ2) is 10.4. The molecule has 2 aliphatic heterocycles. The molecule has 3 heterocycles. The lowest BCUT2D eigenvalue weighted by Crippen LogP contribution is -2.39. The van der Waals surface area contributed by atoms with Crippen molar-refractivity contribution < 1.29 is 36.2 Å². The number of oxazole rings is 1. The lowest BCUT2D eigenvalue weighted by Gasteiger charge is -2.35. The molecule has 6 rings (SSSR count). The molecule has 208 valence electrons. The SMILES string of the molecule is CO[C@@H]1C[C@@H]2OC[C@@](c3cc(F)cc(OCc4nc(-c5ccccc5)c(-c5ccc(S(N)(=O)=O)cc5)o4)c3)(C1)O2. The molecule has 4 aromatic rings. The van der Waals surface area contributed by atoms with Crippen LogP contribution in [0.2, 0.25) is 0 Å². The molecular weight excluding hydrogens is 539 g/mol. The molecule has 2 aliphatic rings. The van der Waals surface area contributed by atoms with Crippen LogP contribution in [0.5, 0.6) is 5.75 Å². The smallest absolute Gasteiger partial charge is 0.238 e. The van der Waals surface area contributed by atoms with Crippen LogP contribution in [-0.2, 0) is 36.4 Å². The minimum absolute atomic E-state index is 0.0142. The molecule has 2 N–H and O–H groups in total. The van der Waals surface area contributed by atoms with Gasteiger partial charge in [0.2, 0.25) is 15.9 Å². The Labute approximate surface area is 230 Å². The summed E-state index contributed by atoms with van der Waals surface area (Å²) in [7, 11) is -2.20. The summed E-state index contributed by atoms with van der Waals surface area (Å²) in [5.74, 6) is 0.502. The van der Waals surface area contributed by atoms with E-state index >= 15 is 0 Å². The van der Waals surface area contributed by atoms with Gasteiger partial charge in [0.25, 0.3) is 0 Å². The van der Waals surface area contributed by atoms with E-state index in [-0.39, 0.29) is 29.2 Å². The molecule has 1 aromatic heterocycles. The molecule has 11 heteroatoms. The minimum atomic E-state index is -3.84. The number of ether oxygens (including phenoxy) is 4. The number of aromatic nitrogens is 1. The largest absolute Gasteiger partial charge is 0.484 e. The third-order valence-corrected chi connectivity index (χ3v) is 8.06. The number of hydrogen-bond acceptors (Lipinski definition) is 8. The Morgan fingerprint density at radius 1 is 1.07 bits per heavy atom. The summed E-state index contributed by atoms with van der Waals surface area (Å²) < 4.78 is 67.6. The van der Waals surface area contributed by atoms with Gasteiger partial charge in [-0.15, -0.1) is 0 Å². The third kappa shape index (κ3) is 5.26. The van der Waals surface area contributed by atoms with Crippen molar-refractivity contribution >= 4 is 10.0 Å². The van der Waals surface area contributed by atoms with E-state index in [2.05, 4.69) is 4.98 Å². The van der Waals surface area contributed by atoms with Crippen molar-refractivity contribution in [2.45, 2.75) is 42.3 Å². The van der Waals surface area contributed by atoms with Crippen LogP contribution in [0.15, 0.2) is 82.1 Å². The van der Waals surface area contributed by atoms with Crippen LogP contribution in [0.4, 0.5) is 4.39 Å². The van der Waals surface area contributed by atoms with E-state index in [1.165, 1.54) is 24.3 Å². The Hall–Kier alpha value is -3.61. The summed E-state index contributed by atoms with van der Waals surface area (Å²) in [5, 5.41) is 5.24. The summed E-state index contributed by atoms with van der Waals surface area (Å²) in [6.45, 7) is 0.222. The van der Waals surface area contributed by atoms with Gasteiger partial charge in [0, 0.05) is 37.1 Å². The van der Waals surface area contributed by atoms with Crippen molar-refractivity contribution in [2.75, 3.05) is 13.7 Å². The van der Waals surface area contributed by atoms with E-state index in [9.17, 15) is 12.8 Å². The monoisotopic (exact) mass is 566 g/mol. The fourth-order valence-electron chi connectivity index (χ4n) is 5.15. The second-order valence-corrected chi connectivity index (χ2v) is 11.4. The number of nitrogens with zero attached hydrogens (tertiary/aromatic N) is 1. The van der Waals surface area contributed by atoms with Gasteiger partial charge in [-0.2, -0.15) is 0 Å². The number of sulfonamides is 1. The quantitative estimate of drug-likeness (QED) is 0.324. The molecule has 0 spiro atoms. The van der Waals surface area contributed by atoms with Gasteiger partial charge >= 0.3 is 0 Å². The number of nitrogens with two attached hydrogens (primary N) is 1. The maximum Gasteiger partial charge on any atom is 0.238 e. The van der Waals surface area contributed by atoms with Gasteiger partial charge in [0.1, 0.15) is 22.9 Å². The molecule has 2 bridgehead atoms. The van der Waals surface area contributed by atoms with Crippen LogP contribution in [0.3, 0.4) is 0 Å². The Bertz CT molecular complexity index is 1630. The molecule has 0 amide bonds. The molecule has 2 saturated heterocycles. The normalized spacial score (nSPS) is 22.4. The van der Waals surface area contributed by atoms with Crippen LogP contribution in [-0.4, -0.2) is 39.5 Å². The highest BCUT2D eigenvalue weighted by Crippen LogP contribution is 2.45. The number of rotatable bonds is 8. The molecule has 3 atom stereocenters. The summed E-state index contributed by atoms with van der Waals surface area (Å²) in [6.07, 6.45) is 0.705. The average molecular weight is 567 g/mol. The van der Waals surface area contributed by atoms with Gasteiger partial charge in [-0.1, -0.05) is 30.3 Å². The van der Waals surface area contributed by atoms with Crippen LogP contribution in [0, 0.1) is 5.82 Å². The summed E-state index contributed by atoms with van der Waals surface area (Å²) in [6, 6.07) is 19.9. The van der Waals surface area contributed by atoms with E-state index < -0.39 is 27.7 Å². The van der Waals surface area contributed by atoms with Crippen LogP contribution < -0.4 is 9.88 Å². The minimum Gasteiger partial charge on any atom is -0.484 e. The first-order chi connectivity index (χ1) is 19.2. The van der Waals surface area contributed by atoms with Crippen LogP contribution in [0.1, 0.15) is 24.3 Å². The Balaban J connectivity index is 1.28. The highest BCUT2D eigenvalue weighted by Gasteiger charge is 2.49. The molecule has 40 heavy (non-hydrogen) atoms.